The molecule has 0 aromatic carbocycles. The molecule has 1 aliphatic heterocycles. The standard InChI is InChI=1S/C15H14FN3O3/c16-11-8-17-15(18-9-11)22-13-5-6-19(10-13)14(20)4-3-12-2-1-7-21-12/h1-4,7-9,13H,5-6,10H2/b4-3+/t13-/m1/s1. The molecule has 3 rings (SSSR count). The Kier molecular flexibility index (Phi) is 4.13. The van der Waals surface area contributed by atoms with Gasteiger partial charge in [-0.2, -0.15) is 0 Å². The van der Waals surface area contributed by atoms with Gasteiger partial charge in [0.25, 0.3) is 0 Å². The van der Waals surface area contributed by atoms with Crippen molar-refractivity contribution in [3.05, 3.63) is 48.4 Å². The smallest absolute Gasteiger partial charge is 0.316 e. The number of carbonyl (C=O) groups excluding carboxylic acids is 1. The SMILES string of the molecule is O=C(/C=C/c1ccco1)N1CC[C@@H](Oc2ncc(F)cn2)C1. The molecule has 114 valence electrons. The lowest BCUT2D eigenvalue weighted by molar-refractivity contribution is -0.125. The van der Waals surface area contributed by atoms with Crippen molar-refractivity contribution in [3.63, 3.8) is 0 Å². The number of amides is 1. The van der Waals surface area contributed by atoms with Crippen LogP contribution in [0, 0.1) is 5.82 Å². The van der Waals surface area contributed by atoms with Crippen LogP contribution in [-0.4, -0.2) is 40.0 Å². The number of ether oxygens (including phenoxy) is 1. The van der Waals surface area contributed by atoms with Crippen LogP contribution in [0.25, 0.3) is 6.08 Å². The maximum Gasteiger partial charge on any atom is 0.316 e. The van der Waals surface area contributed by atoms with Crippen LogP contribution in [0.3, 0.4) is 0 Å². The summed E-state index contributed by atoms with van der Waals surface area (Å²) in [4.78, 5) is 21.2. The third-order valence-corrected chi connectivity index (χ3v) is 3.26. The predicted octanol–water partition coefficient (Wildman–Crippen LogP) is 1.90. The molecule has 0 bridgehead atoms. The van der Waals surface area contributed by atoms with Crippen molar-refractivity contribution in [2.75, 3.05) is 13.1 Å². The fourth-order valence-corrected chi connectivity index (χ4v) is 2.18. The maximum absolute atomic E-state index is 12.7. The number of rotatable bonds is 4. The van der Waals surface area contributed by atoms with E-state index in [4.69, 9.17) is 9.15 Å². The molecule has 1 saturated heterocycles. The number of furan rings is 1. The van der Waals surface area contributed by atoms with E-state index in [2.05, 4.69) is 9.97 Å². The van der Waals surface area contributed by atoms with E-state index in [1.54, 1.807) is 29.4 Å². The van der Waals surface area contributed by atoms with E-state index < -0.39 is 5.82 Å². The molecule has 0 unspecified atom stereocenters. The highest BCUT2D eigenvalue weighted by Crippen LogP contribution is 2.15. The summed E-state index contributed by atoms with van der Waals surface area (Å²) >= 11 is 0. The highest BCUT2D eigenvalue weighted by molar-refractivity contribution is 5.91. The summed E-state index contributed by atoms with van der Waals surface area (Å²) in [7, 11) is 0. The molecule has 6 nitrogen and oxygen atoms in total. The minimum absolute atomic E-state index is 0.109. The third-order valence-electron chi connectivity index (χ3n) is 3.26. The molecule has 22 heavy (non-hydrogen) atoms. The zero-order valence-electron chi connectivity index (χ0n) is 11.7. The first-order valence-corrected chi connectivity index (χ1v) is 6.85. The third kappa shape index (κ3) is 3.49. The minimum atomic E-state index is -0.515. The second-order valence-electron chi connectivity index (χ2n) is 4.85. The highest BCUT2D eigenvalue weighted by Gasteiger charge is 2.27. The summed E-state index contributed by atoms with van der Waals surface area (Å²) in [5.74, 6) is 0.00113. The molecule has 3 heterocycles. The normalized spacial score (nSPS) is 18.0. The van der Waals surface area contributed by atoms with Crippen molar-refractivity contribution >= 4 is 12.0 Å². The Bertz CT molecular complexity index is 655. The Morgan fingerprint density at radius 2 is 2.27 bits per heavy atom. The molecule has 2 aromatic heterocycles. The molecule has 0 aliphatic carbocycles. The Morgan fingerprint density at radius 1 is 1.45 bits per heavy atom. The van der Waals surface area contributed by atoms with Gasteiger partial charge in [0.2, 0.25) is 5.91 Å². The van der Waals surface area contributed by atoms with Gasteiger partial charge in [-0.05, 0) is 18.2 Å². The molecule has 0 spiro atoms. The van der Waals surface area contributed by atoms with Crippen molar-refractivity contribution < 1.29 is 18.3 Å². The molecular weight excluding hydrogens is 289 g/mol. The van der Waals surface area contributed by atoms with Gasteiger partial charge >= 0.3 is 6.01 Å². The molecule has 1 amide bonds. The molecule has 0 radical (unpaired) electrons. The van der Waals surface area contributed by atoms with Gasteiger partial charge in [-0.1, -0.05) is 0 Å². The topological polar surface area (TPSA) is 68.5 Å². The summed E-state index contributed by atoms with van der Waals surface area (Å²) in [6, 6.07) is 3.64. The second-order valence-corrected chi connectivity index (χ2v) is 4.85. The van der Waals surface area contributed by atoms with Gasteiger partial charge in [-0.15, -0.1) is 0 Å². The Balaban J connectivity index is 1.53. The molecule has 1 aliphatic rings. The summed E-state index contributed by atoms with van der Waals surface area (Å²) < 4.78 is 23.4. The lowest BCUT2D eigenvalue weighted by Crippen LogP contribution is -2.29. The van der Waals surface area contributed by atoms with Gasteiger partial charge in [0.1, 0.15) is 11.9 Å². The number of halogens is 1. The van der Waals surface area contributed by atoms with Crippen molar-refractivity contribution in [2.45, 2.75) is 12.5 Å². The van der Waals surface area contributed by atoms with Crippen molar-refractivity contribution in [2.24, 2.45) is 0 Å². The Morgan fingerprint density at radius 3 is 3.00 bits per heavy atom. The number of nitrogens with zero attached hydrogens (tertiary/aromatic N) is 3. The zero-order chi connectivity index (χ0) is 15.4. The molecule has 2 aromatic rings. The van der Waals surface area contributed by atoms with E-state index >= 15 is 0 Å². The van der Waals surface area contributed by atoms with Gasteiger partial charge < -0.3 is 14.1 Å². The Hall–Kier alpha value is -2.70. The lowest BCUT2D eigenvalue weighted by atomic mass is 10.3. The van der Waals surface area contributed by atoms with E-state index in [-0.39, 0.29) is 18.0 Å². The average molecular weight is 303 g/mol. The van der Waals surface area contributed by atoms with Crippen molar-refractivity contribution in [1.82, 2.24) is 14.9 Å². The molecule has 0 saturated carbocycles. The fraction of sp³-hybridized carbons (Fsp3) is 0.267. The van der Waals surface area contributed by atoms with E-state index in [0.717, 1.165) is 12.4 Å². The summed E-state index contributed by atoms with van der Waals surface area (Å²) in [6.07, 6.45) is 7.23. The number of likely N-dealkylation sites (tertiary alicyclic amines) is 1. The van der Waals surface area contributed by atoms with Crippen LogP contribution in [0.15, 0.2) is 41.3 Å². The number of hydrogen-bond acceptors (Lipinski definition) is 5. The Labute approximate surface area is 126 Å². The summed E-state index contributed by atoms with van der Waals surface area (Å²) in [5, 5.41) is 0. The molecule has 0 N–H and O–H groups in total. The first-order valence-electron chi connectivity index (χ1n) is 6.85. The second kappa shape index (κ2) is 6.38. The van der Waals surface area contributed by atoms with Crippen molar-refractivity contribution in [3.8, 4) is 6.01 Å². The van der Waals surface area contributed by atoms with Crippen molar-refractivity contribution in [1.29, 1.82) is 0 Å². The quantitative estimate of drug-likeness (QED) is 0.807. The van der Waals surface area contributed by atoms with E-state index in [9.17, 15) is 9.18 Å². The molecule has 1 fully saturated rings. The van der Waals surface area contributed by atoms with Crippen LogP contribution in [0.5, 0.6) is 6.01 Å². The maximum atomic E-state index is 12.7. The van der Waals surface area contributed by atoms with E-state index in [1.165, 1.54) is 6.08 Å². The van der Waals surface area contributed by atoms with Gasteiger partial charge in [-0.25, -0.2) is 14.4 Å². The summed E-state index contributed by atoms with van der Waals surface area (Å²) in [5.41, 5.74) is 0. The zero-order valence-corrected chi connectivity index (χ0v) is 11.7. The molecular formula is C15H14FN3O3. The predicted molar refractivity (Wildman–Crippen MR) is 75.3 cm³/mol. The van der Waals surface area contributed by atoms with Crippen LogP contribution >= 0.6 is 0 Å². The monoisotopic (exact) mass is 303 g/mol. The number of aromatic nitrogens is 2. The minimum Gasteiger partial charge on any atom is -0.465 e. The van der Waals surface area contributed by atoms with Gasteiger partial charge in [0.15, 0.2) is 5.82 Å². The van der Waals surface area contributed by atoms with Crippen LogP contribution in [0.4, 0.5) is 4.39 Å². The lowest BCUT2D eigenvalue weighted by Gasteiger charge is -2.14. The number of carbonyl (C=O) groups is 1. The number of hydrogen-bond donors (Lipinski definition) is 0. The average Bonchev–Trinajstić information content (AvgIpc) is 3.19. The van der Waals surface area contributed by atoms with Crippen LogP contribution in [0.2, 0.25) is 0 Å². The van der Waals surface area contributed by atoms with Crippen LogP contribution < -0.4 is 4.74 Å². The van der Waals surface area contributed by atoms with E-state index in [1.807, 2.05) is 0 Å². The molecule has 7 heteroatoms. The summed E-state index contributed by atoms with van der Waals surface area (Å²) in [6.45, 7) is 1.04. The highest BCUT2D eigenvalue weighted by atomic mass is 19.1. The van der Waals surface area contributed by atoms with Gasteiger partial charge in [0.05, 0.1) is 25.2 Å². The van der Waals surface area contributed by atoms with Crippen LogP contribution in [-0.2, 0) is 4.79 Å². The van der Waals surface area contributed by atoms with Gasteiger partial charge in [-0.3, -0.25) is 4.79 Å². The molecule has 1 atom stereocenters. The fourth-order valence-electron chi connectivity index (χ4n) is 2.18. The largest absolute Gasteiger partial charge is 0.465 e. The van der Waals surface area contributed by atoms with Crippen LogP contribution in [0.1, 0.15) is 12.2 Å². The first kappa shape index (κ1) is 14.2. The van der Waals surface area contributed by atoms with E-state index in [0.29, 0.717) is 25.3 Å². The van der Waals surface area contributed by atoms with Gasteiger partial charge in [0, 0.05) is 19.0 Å². The first-order chi connectivity index (χ1) is 10.7.